The summed E-state index contributed by atoms with van der Waals surface area (Å²) in [5, 5.41) is 0. The molecule has 0 aromatic carbocycles. The molecule has 5 heteroatoms. The third-order valence-electron chi connectivity index (χ3n) is 3.11. The first-order valence-electron chi connectivity index (χ1n) is 5.90. The minimum atomic E-state index is -0.00743. The zero-order valence-electron chi connectivity index (χ0n) is 9.48. The molecule has 0 aromatic rings. The van der Waals surface area contributed by atoms with Crippen molar-refractivity contribution in [3.8, 4) is 0 Å². The van der Waals surface area contributed by atoms with Crippen molar-refractivity contribution in [2.24, 2.45) is 0 Å². The standard InChI is InChI=1S/C11H18N2O3/c14-10-2-3-11(15)13(10)5-1-4-12-6-8-16-9-7-12/h1-9H2. The predicted octanol–water partition coefficient (Wildman–Crippen LogP) is -0.142. The van der Waals surface area contributed by atoms with Gasteiger partial charge in [-0.15, -0.1) is 0 Å². The predicted molar refractivity (Wildman–Crippen MR) is 57.8 cm³/mol. The van der Waals surface area contributed by atoms with Crippen LogP contribution in [0, 0.1) is 0 Å². The molecule has 5 nitrogen and oxygen atoms in total. The van der Waals surface area contributed by atoms with Crippen molar-refractivity contribution in [1.82, 2.24) is 9.80 Å². The SMILES string of the molecule is O=C1CCC(=O)N1CCCN1CCOCC1. The van der Waals surface area contributed by atoms with E-state index in [4.69, 9.17) is 4.74 Å². The van der Waals surface area contributed by atoms with Crippen molar-refractivity contribution in [1.29, 1.82) is 0 Å². The first-order valence-corrected chi connectivity index (χ1v) is 5.90. The molecule has 0 unspecified atom stereocenters. The van der Waals surface area contributed by atoms with Crippen LogP contribution in [0.5, 0.6) is 0 Å². The Kier molecular flexibility index (Phi) is 3.90. The fraction of sp³-hybridized carbons (Fsp3) is 0.818. The topological polar surface area (TPSA) is 49.9 Å². The number of carbonyl (C=O) groups is 2. The Hall–Kier alpha value is -0.940. The quantitative estimate of drug-likeness (QED) is 0.626. The summed E-state index contributed by atoms with van der Waals surface area (Å²) in [6.45, 7) is 5.03. The Morgan fingerprint density at radius 1 is 1.00 bits per heavy atom. The molecular formula is C11H18N2O3. The zero-order chi connectivity index (χ0) is 11.4. The maximum atomic E-state index is 11.3. The molecule has 0 aromatic heterocycles. The lowest BCUT2D eigenvalue weighted by atomic mass is 10.3. The van der Waals surface area contributed by atoms with E-state index in [-0.39, 0.29) is 11.8 Å². The summed E-state index contributed by atoms with van der Waals surface area (Å²) in [5.74, 6) is -0.0149. The van der Waals surface area contributed by atoms with Gasteiger partial charge < -0.3 is 4.74 Å². The molecule has 0 atom stereocenters. The van der Waals surface area contributed by atoms with E-state index in [1.807, 2.05) is 0 Å². The Bertz CT molecular complexity index is 258. The molecule has 2 aliphatic heterocycles. The fourth-order valence-electron chi connectivity index (χ4n) is 2.15. The van der Waals surface area contributed by atoms with Crippen LogP contribution < -0.4 is 0 Å². The van der Waals surface area contributed by atoms with Gasteiger partial charge in [0.05, 0.1) is 13.2 Å². The Morgan fingerprint density at radius 3 is 2.25 bits per heavy atom. The van der Waals surface area contributed by atoms with E-state index in [1.165, 1.54) is 4.90 Å². The molecule has 2 amide bonds. The highest BCUT2D eigenvalue weighted by Crippen LogP contribution is 2.12. The summed E-state index contributed by atoms with van der Waals surface area (Å²) in [4.78, 5) is 26.4. The van der Waals surface area contributed by atoms with Crippen molar-refractivity contribution >= 4 is 11.8 Å². The molecule has 2 heterocycles. The van der Waals surface area contributed by atoms with Crippen molar-refractivity contribution in [2.45, 2.75) is 19.3 Å². The molecule has 2 fully saturated rings. The van der Waals surface area contributed by atoms with Crippen molar-refractivity contribution in [3.63, 3.8) is 0 Å². The number of nitrogens with zero attached hydrogens (tertiary/aromatic N) is 2. The lowest BCUT2D eigenvalue weighted by Gasteiger charge is -2.27. The van der Waals surface area contributed by atoms with E-state index >= 15 is 0 Å². The summed E-state index contributed by atoms with van der Waals surface area (Å²) in [6, 6.07) is 0. The van der Waals surface area contributed by atoms with Crippen LogP contribution in [0.25, 0.3) is 0 Å². The van der Waals surface area contributed by atoms with E-state index < -0.39 is 0 Å². The minimum absolute atomic E-state index is 0.00743. The molecule has 0 saturated carbocycles. The van der Waals surface area contributed by atoms with Crippen molar-refractivity contribution in [3.05, 3.63) is 0 Å². The molecule has 0 aliphatic carbocycles. The minimum Gasteiger partial charge on any atom is -0.379 e. The summed E-state index contributed by atoms with van der Waals surface area (Å²) in [5.41, 5.74) is 0. The van der Waals surface area contributed by atoms with Crippen LogP contribution in [0.4, 0.5) is 0 Å². The van der Waals surface area contributed by atoms with Crippen LogP contribution in [0.1, 0.15) is 19.3 Å². The van der Waals surface area contributed by atoms with Gasteiger partial charge >= 0.3 is 0 Å². The van der Waals surface area contributed by atoms with Crippen molar-refractivity contribution < 1.29 is 14.3 Å². The second-order valence-electron chi connectivity index (χ2n) is 4.25. The van der Waals surface area contributed by atoms with Gasteiger partial charge in [-0.05, 0) is 6.42 Å². The highest BCUT2D eigenvalue weighted by molar-refractivity contribution is 6.01. The number of morpholine rings is 1. The number of rotatable bonds is 4. The fourth-order valence-corrected chi connectivity index (χ4v) is 2.15. The number of amides is 2. The largest absolute Gasteiger partial charge is 0.379 e. The molecule has 0 bridgehead atoms. The third-order valence-corrected chi connectivity index (χ3v) is 3.11. The van der Waals surface area contributed by atoms with Gasteiger partial charge in [-0.2, -0.15) is 0 Å². The second-order valence-corrected chi connectivity index (χ2v) is 4.25. The van der Waals surface area contributed by atoms with Gasteiger partial charge in [-0.25, -0.2) is 0 Å². The molecular weight excluding hydrogens is 208 g/mol. The Balaban J connectivity index is 1.67. The molecule has 2 rings (SSSR count). The van der Waals surface area contributed by atoms with Crippen LogP contribution in [0.15, 0.2) is 0 Å². The van der Waals surface area contributed by atoms with Crippen LogP contribution in [-0.2, 0) is 14.3 Å². The number of ether oxygens (including phenoxy) is 1. The Labute approximate surface area is 95.3 Å². The van der Waals surface area contributed by atoms with E-state index in [9.17, 15) is 9.59 Å². The normalized spacial score (nSPS) is 23.1. The highest BCUT2D eigenvalue weighted by Gasteiger charge is 2.28. The molecule has 0 spiro atoms. The number of hydrogen-bond donors (Lipinski definition) is 0. The average Bonchev–Trinajstić information content (AvgIpc) is 2.62. The first kappa shape index (κ1) is 11.5. The van der Waals surface area contributed by atoms with E-state index in [1.54, 1.807) is 0 Å². The zero-order valence-corrected chi connectivity index (χ0v) is 9.48. The molecule has 90 valence electrons. The number of likely N-dealkylation sites (tertiary alicyclic amines) is 1. The molecule has 2 aliphatic rings. The average molecular weight is 226 g/mol. The molecule has 0 radical (unpaired) electrons. The van der Waals surface area contributed by atoms with Crippen LogP contribution in [0.3, 0.4) is 0 Å². The van der Waals surface area contributed by atoms with E-state index in [0.717, 1.165) is 39.3 Å². The lowest BCUT2D eigenvalue weighted by Crippen LogP contribution is -2.38. The lowest BCUT2D eigenvalue weighted by molar-refractivity contribution is -0.138. The van der Waals surface area contributed by atoms with Gasteiger partial charge in [0.2, 0.25) is 11.8 Å². The van der Waals surface area contributed by atoms with E-state index in [2.05, 4.69) is 4.90 Å². The highest BCUT2D eigenvalue weighted by atomic mass is 16.5. The number of imide groups is 1. The molecule has 0 N–H and O–H groups in total. The molecule has 2 saturated heterocycles. The van der Waals surface area contributed by atoms with Gasteiger partial charge in [0.15, 0.2) is 0 Å². The van der Waals surface area contributed by atoms with Gasteiger partial charge in [0.1, 0.15) is 0 Å². The Morgan fingerprint density at radius 2 is 1.62 bits per heavy atom. The van der Waals surface area contributed by atoms with Gasteiger partial charge in [0.25, 0.3) is 0 Å². The first-order chi connectivity index (χ1) is 7.77. The number of carbonyl (C=O) groups excluding carboxylic acids is 2. The van der Waals surface area contributed by atoms with Gasteiger partial charge in [-0.3, -0.25) is 19.4 Å². The van der Waals surface area contributed by atoms with Crippen LogP contribution in [0.2, 0.25) is 0 Å². The van der Waals surface area contributed by atoms with Crippen LogP contribution in [-0.4, -0.2) is 61.0 Å². The maximum absolute atomic E-state index is 11.3. The molecule has 16 heavy (non-hydrogen) atoms. The monoisotopic (exact) mass is 226 g/mol. The smallest absolute Gasteiger partial charge is 0.229 e. The summed E-state index contributed by atoms with van der Waals surface area (Å²) in [6.07, 6.45) is 1.67. The summed E-state index contributed by atoms with van der Waals surface area (Å²) in [7, 11) is 0. The number of hydrogen-bond acceptors (Lipinski definition) is 4. The van der Waals surface area contributed by atoms with Gasteiger partial charge in [-0.1, -0.05) is 0 Å². The second kappa shape index (κ2) is 5.41. The van der Waals surface area contributed by atoms with Crippen LogP contribution >= 0.6 is 0 Å². The van der Waals surface area contributed by atoms with E-state index in [0.29, 0.717) is 19.4 Å². The van der Waals surface area contributed by atoms with Crippen molar-refractivity contribution in [2.75, 3.05) is 39.4 Å². The third kappa shape index (κ3) is 2.80. The van der Waals surface area contributed by atoms with Gasteiger partial charge in [0, 0.05) is 39.0 Å². The summed E-state index contributed by atoms with van der Waals surface area (Å²) >= 11 is 0. The summed E-state index contributed by atoms with van der Waals surface area (Å²) < 4.78 is 5.25. The maximum Gasteiger partial charge on any atom is 0.229 e.